The number of amides is 1. The molecule has 2 rings (SSSR count). The lowest BCUT2D eigenvalue weighted by atomic mass is 10.1. The number of carbonyl (C=O) groups excluding carboxylic acids is 1. The molecular weight excluding hydrogens is 328 g/mol. The molecule has 1 amide bonds. The van der Waals surface area contributed by atoms with Gasteiger partial charge in [0.25, 0.3) is 0 Å². The molecule has 5 heteroatoms. The number of carbonyl (C=O) groups is 1. The minimum absolute atomic E-state index is 0. The van der Waals surface area contributed by atoms with Gasteiger partial charge in [-0.05, 0) is 30.9 Å². The summed E-state index contributed by atoms with van der Waals surface area (Å²) in [5.41, 5.74) is 6.88. The molecule has 0 spiro atoms. The van der Waals surface area contributed by atoms with Crippen LogP contribution in [-0.2, 0) is 11.2 Å². The number of aryl methyl sites for hydroxylation is 1. The molecule has 0 saturated carbocycles. The number of rotatable bonds is 4. The molecule has 3 nitrogen and oxygen atoms in total. The Labute approximate surface area is 129 Å². The van der Waals surface area contributed by atoms with E-state index in [1.54, 1.807) is 0 Å². The lowest BCUT2D eigenvalue weighted by Gasteiger charge is -2.23. The van der Waals surface area contributed by atoms with Gasteiger partial charge in [-0.1, -0.05) is 34.1 Å². The topological polar surface area (TPSA) is 46.3 Å². The first-order valence-corrected chi connectivity index (χ1v) is 7.24. The van der Waals surface area contributed by atoms with Gasteiger partial charge in [0, 0.05) is 30.0 Å². The quantitative estimate of drug-likeness (QED) is 0.910. The zero-order valence-electron chi connectivity index (χ0n) is 10.8. The molecule has 1 heterocycles. The molecule has 0 radical (unpaired) electrons. The Morgan fingerprint density at radius 1 is 1.42 bits per heavy atom. The fraction of sp³-hybridized carbons (Fsp3) is 0.500. The van der Waals surface area contributed by atoms with Crippen LogP contribution in [0, 0.1) is 0 Å². The summed E-state index contributed by atoms with van der Waals surface area (Å²) in [5, 5.41) is 0. The highest BCUT2D eigenvalue weighted by atomic mass is 79.9. The second kappa shape index (κ2) is 7.88. The molecular formula is C14H20BrClN2O. The number of hydrogen-bond donors (Lipinski definition) is 1. The second-order valence-electron chi connectivity index (χ2n) is 4.71. The van der Waals surface area contributed by atoms with Crippen molar-refractivity contribution >= 4 is 34.2 Å². The van der Waals surface area contributed by atoms with E-state index < -0.39 is 0 Å². The van der Waals surface area contributed by atoms with Gasteiger partial charge < -0.3 is 10.6 Å². The summed E-state index contributed by atoms with van der Waals surface area (Å²) >= 11 is 3.51. The molecule has 1 aromatic rings. The van der Waals surface area contributed by atoms with Gasteiger partial charge in [0.15, 0.2) is 0 Å². The van der Waals surface area contributed by atoms with E-state index in [0.717, 1.165) is 30.3 Å². The van der Waals surface area contributed by atoms with Crippen LogP contribution < -0.4 is 5.73 Å². The first-order chi connectivity index (χ1) is 8.72. The van der Waals surface area contributed by atoms with E-state index in [4.69, 9.17) is 5.73 Å². The second-order valence-corrected chi connectivity index (χ2v) is 5.56. The van der Waals surface area contributed by atoms with E-state index >= 15 is 0 Å². The van der Waals surface area contributed by atoms with Crippen LogP contribution >= 0.6 is 28.3 Å². The van der Waals surface area contributed by atoms with E-state index in [0.29, 0.717) is 13.0 Å². The van der Waals surface area contributed by atoms with Gasteiger partial charge >= 0.3 is 0 Å². The van der Waals surface area contributed by atoms with Crippen molar-refractivity contribution < 1.29 is 4.79 Å². The van der Waals surface area contributed by atoms with Crippen molar-refractivity contribution in [3.8, 4) is 0 Å². The Balaban J connectivity index is 0.00000180. The van der Waals surface area contributed by atoms with E-state index in [1.165, 1.54) is 5.56 Å². The van der Waals surface area contributed by atoms with Gasteiger partial charge in [-0.15, -0.1) is 12.4 Å². The monoisotopic (exact) mass is 346 g/mol. The molecule has 1 aliphatic rings. The summed E-state index contributed by atoms with van der Waals surface area (Å²) in [6.45, 7) is 1.46. The van der Waals surface area contributed by atoms with Crippen LogP contribution in [0.3, 0.4) is 0 Å². The third-order valence-corrected chi connectivity index (χ3v) is 4.31. The zero-order valence-corrected chi connectivity index (χ0v) is 13.3. The predicted octanol–water partition coefficient (Wildman–Crippen LogP) is 2.75. The minimum atomic E-state index is 0. The standard InChI is InChI=1S/C14H19BrN2O.ClH/c15-13-6-2-1-4-11(13)7-8-14(18)17-9-3-5-12(17)10-16;/h1-2,4,6,12H,3,5,7-10,16H2;1H. The van der Waals surface area contributed by atoms with Crippen molar-refractivity contribution in [2.24, 2.45) is 5.73 Å². The largest absolute Gasteiger partial charge is 0.338 e. The van der Waals surface area contributed by atoms with Crippen molar-refractivity contribution in [2.75, 3.05) is 13.1 Å². The molecule has 0 bridgehead atoms. The minimum Gasteiger partial charge on any atom is -0.338 e. The van der Waals surface area contributed by atoms with Gasteiger partial charge in [0.1, 0.15) is 0 Å². The highest BCUT2D eigenvalue weighted by Gasteiger charge is 2.26. The molecule has 0 aliphatic carbocycles. The number of hydrogen-bond acceptors (Lipinski definition) is 2. The number of likely N-dealkylation sites (tertiary alicyclic amines) is 1. The van der Waals surface area contributed by atoms with Crippen molar-refractivity contribution in [3.05, 3.63) is 34.3 Å². The summed E-state index contributed by atoms with van der Waals surface area (Å²) in [5.74, 6) is 0.235. The Morgan fingerprint density at radius 2 is 2.16 bits per heavy atom. The molecule has 19 heavy (non-hydrogen) atoms. The Kier molecular flexibility index (Phi) is 6.83. The molecule has 1 fully saturated rings. The highest BCUT2D eigenvalue weighted by molar-refractivity contribution is 9.10. The number of benzene rings is 1. The molecule has 1 aliphatic heterocycles. The van der Waals surface area contributed by atoms with Crippen LogP contribution in [0.5, 0.6) is 0 Å². The van der Waals surface area contributed by atoms with Gasteiger partial charge in [0.05, 0.1) is 0 Å². The average Bonchev–Trinajstić information content (AvgIpc) is 2.86. The average molecular weight is 348 g/mol. The summed E-state index contributed by atoms with van der Waals surface area (Å²) in [7, 11) is 0. The SMILES string of the molecule is Cl.NCC1CCCN1C(=O)CCc1ccccc1Br. The van der Waals surface area contributed by atoms with E-state index in [-0.39, 0.29) is 24.4 Å². The van der Waals surface area contributed by atoms with Crippen LogP contribution in [0.4, 0.5) is 0 Å². The highest BCUT2D eigenvalue weighted by Crippen LogP contribution is 2.20. The van der Waals surface area contributed by atoms with Crippen molar-refractivity contribution in [2.45, 2.75) is 31.7 Å². The zero-order chi connectivity index (χ0) is 13.0. The lowest BCUT2D eigenvalue weighted by Crippen LogP contribution is -2.40. The molecule has 1 atom stereocenters. The fourth-order valence-electron chi connectivity index (χ4n) is 2.50. The third-order valence-electron chi connectivity index (χ3n) is 3.54. The molecule has 106 valence electrons. The maximum absolute atomic E-state index is 12.2. The Morgan fingerprint density at radius 3 is 2.84 bits per heavy atom. The molecule has 2 N–H and O–H groups in total. The van der Waals surface area contributed by atoms with Crippen LogP contribution in [0.2, 0.25) is 0 Å². The molecule has 1 saturated heterocycles. The molecule has 1 aromatic carbocycles. The number of halogens is 2. The van der Waals surface area contributed by atoms with Crippen LogP contribution in [0.25, 0.3) is 0 Å². The van der Waals surface area contributed by atoms with Crippen LogP contribution in [0.1, 0.15) is 24.8 Å². The first-order valence-electron chi connectivity index (χ1n) is 6.45. The van der Waals surface area contributed by atoms with Crippen molar-refractivity contribution in [1.29, 1.82) is 0 Å². The Bertz CT molecular complexity index is 428. The third kappa shape index (κ3) is 4.20. The normalized spacial score (nSPS) is 18.2. The maximum Gasteiger partial charge on any atom is 0.223 e. The summed E-state index contributed by atoms with van der Waals surface area (Å²) in [4.78, 5) is 14.1. The summed E-state index contributed by atoms with van der Waals surface area (Å²) < 4.78 is 1.08. The van der Waals surface area contributed by atoms with Gasteiger partial charge in [0.2, 0.25) is 5.91 Å². The first kappa shape index (κ1) is 16.5. The summed E-state index contributed by atoms with van der Waals surface area (Å²) in [6.07, 6.45) is 3.49. The number of nitrogens with two attached hydrogens (primary N) is 1. The smallest absolute Gasteiger partial charge is 0.223 e. The van der Waals surface area contributed by atoms with Crippen LogP contribution in [-0.4, -0.2) is 29.9 Å². The van der Waals surface area contributed by atoms with E-state index in [9.17, 15) is 4.79 Å². The van der Waals surface area contributed by atoms with Crippen molar-refractivity contribution in [1.82, 2.24) is 4.90 Å². The maximum atomic E-state index is 12.2. The fourth-order valence-corrected chi connectivity index (χ4v) is 2.98. The number of nitrogens with zero attached hydrogens (tertiary/aromatic N) is 1. The lowest BCUT2D eigenvalue weighted by molar-refractivity contribution is -0.131. The predicted molar refractivity (Wildman–Crippen MR) is 83.5 cm³/mol. The van der Waals surface area contributed by atoms with Crippen LogP contribution in [0.15, 0.2) is 28.7 Å². The Hall–Kier alpha value is -0.580. The van der Waals surface area contributed by atoms with Crippen molar-refractivity contribution in [3.63, 3.8) is 0 Å². The van der Waals surface area contributed by atoms with Gasteiger partial charge in [-0.3, -0.25) is 4.79 Å². The van der Waals surface area contributed by atoms with E-state index in [2.05, 4.69) is 22.0 Å². The van der Waals surface area contributed by atoms with E-state index in [1.807, 2.05) is 23.1 Å². The van der Waals surface area contributed by atoms with Gasteiger partial charge in [-0.2, -0.15) is 0 Å². The molecule has 1 unspecified atom stereocenters. The summed E-state index contributed by atoms with van der Waals surface area (Å²) in [6, 6.07) is 8.32. The van der Waals surface area contributed by atoms with Gasteiger partial charge in [-0.25, -0.2) is 0 Å². The molecule has 0 aromatic heterocycles.